The van der Waals surface area contributed by atoms with Gasteiger partial charge in [-0.25, -0.2) is 0 Å². The standard InChI is InChI=1S/C15H13BrO2/c16-11-7-5-10(6-8-11)15-9-13(17)12-3-1-2-4-14(12)18-15/h1-8,13,15,17H,9H2/t13-,15?/m0/s1. The predicted molar refractivity (Wildman–Crippen MR) is 73.5 cm³/mol. The molecule has 0 bridgehead atoms. The van der Waals surface area contributed by atoms with Crippen molar-refractivity contribution in [3.8, 4) is 5.75 Å². The van der Waals surface area contributed by atoms with Gasteiger partial charge in [0, 0.05) is 16.5 Å². The highest BCUT2D eigenvalue weighted by Gasteiger charge is 2.27. The highest BCUT2D eigenvalue weighted by Crippen LogP contribution is 2.40. The lowest BCUT2D eigenvalue weighted by Crippen LogP contribution is -2.18. The molecule has 2 nitrogen and oxygen atoms in total. The highest BCUT2D eigenvalue weighted by atomic mass is 79.9. The molecule has 0 aliphatic carbocycles. The molecule has 2 atom stereocenters. The van der Waals surface area contributed by atoms with Gasteiger partial charge in [-0.15, -0.1) is 0 Å². The van der Waals surface area contributed by atoms with Gasteiger partial charge in [0.2, 0.25) is 0 Å². The molecule has 1 unspecified atom stereocenters. The second kappa shape index (κ2) is 4.75. The van der Waals surface area contributed by atoms with E-state index in [1.54, 1.807) is 0 Å². The van der Waals surface area contributed by atoms with Crippen molar-refractivity contribution in [2.24, 2.45) is 0 Å². The van der Waals surface area contributed by atoms with Crippen LogP contribution in [0.1, 0.15) is 29.8 Å². The van der Waals surface area contributed by atoms with E-state index in [9.17, 15) is 5.11 Å². The maximum Gasteiger partial charge on any atom is 0.127 e. The Balaban J connectivity index is 1.92. The van der Waals surface area contributed by atoms with Crippen molar-refractivity contribution in [2.75, 3.05) is 0 Å². The van der Waals surface area contributed by atoms with Crippen molar-refractivity contribution in [3.63, 3.8) is 0 Å². The Morgan fingerprint density at radius 1 is 1.06 bits per heavy atom. The van der Waals surface area contributed by atoms with Crippen LogP contribution in [0.4, 0.5) is 0 Å². The molecule has 0 fully saturated rings. The second-order valence-electron chi connectivity index (χ2n) is 4.45. The third-order valence-electron chi connectivity index (χ3n) is 3.23. The Labute approximate surface area is 114 Å². The first kappa shape index (κ1) is 11.8. The molecule has 0 spiro atoms. The lowest BCUT2D eigenvalue weighted by molar-refractivity contribution is 0.0657. The van der Waals surface area contributed by atoms with Gasteiger partial charge < -0.3 is 9.84 Å². The Morgan fingerprint density at radius 3 is 2.56 bits per heavy atom. The van der Waals surface area contributed by atoms with Crippen molar-refractivity contribution in [1.29, 1.82) is 0 Å². The van der Waals surface area contributed by atoms with Crippen molar-refractivity contribution >= 4 is 15.9 Å². The first-order valence-electron chi connectivity index (χ1n) is 5.93. The van der Waals surface area contributed by atoms with Gasteiger partial charge in [0.15, 0.2) is 0 Å². The maximum atomic E-state index is 10.2. The van der Waals surface area contributed by atoms with Gasteiger partial charge in [-0.05, 0) is 23.8 Å². The van der Waals surface area contributed by atoms with Gasteiger partial charge in [0.05, 0.1) is 6.10 Å². The number of halogens is 1. The summed E-state index contributed by atoms with van der Waals surface area (Å²) in [6, 6.07) is 15.7. The minimum Gasteiger partial charge on any atom is -0.485 e. The zero-order valence-corrected chi connectivity index (χ0v) is 11.3. The van der Waals surface area contributed by atoms with E-state index in [0.29, 0.717) is 6.42 Å². The summed E-state index contributed by atoms with van der Waals surface area (Å²) in [4.78, 5) is 0. The predicted octanol–water partition coefficient (Wildman–Crippen LogP) is 4.01. The maximum absolute atomic E-state index is 10.2. The van der Waals surface area contributed by atoms with Crippen LogP contribution in [0.15, 0.2) is 53.0 Å². The number of aliphatic hydroxyl groups excluding tert-OH is 1. The second-order valence-corrected chi connectivity index (χ2v) is 5.36. The molecule has 0 saturated heterocycles. The van der Waals surface area contributed by atoms with Crippen molar-refractivity contribution in [2.45, 2.75) is 18.6 Å². The molecule has 92 valence electrons. The molecular formula is C15H13BrO2. The van der Waals surface area contributed by atoms with Gasteiger partial charge in [-0.1, -0.05) is 46.3 Å². The Bertz CT molecular complexity index is 551. The van der Waals surface area contributed by atoms with E-state index >= 15 is 0 Å². The number of hydrogen-bond donors (Lipinski definition) is 1. The molecule has 2 aromatic carbocycles. The summed E-state index contributed by atoms with van der Waals surface area (Å²) in [6.45, 7) is 0. The van der Waals surface area contributed by atoms with Crippen LogP contribution in [0.5, 0.6) is 5.75 Å². The van der Waals surface area contributed by atoms with E-state index in [4.69, 9.17) is 4.74 Å². The Hall–Kier alpha value is -1.32. The van der Waals surface area contributed by atoms with Crippen molar-refractivity contribution < 1.29 is 9.84 Å². The molecule has 3 heteroatoms. The molecule has 0 saturated carbocycles. The van der Waals surface area contributed by atoms with Crippen LogP contribution >= 0.6 is 15.9 Å². The van der Waals surface area contributed by atoms with Gasteiger partial charge in [0.25, 0.3) is 0 Å². The van der Waals surface area contributed by atoms with E-state index in [0.717, 1.165) is 21.3 Å². The lowest BCUT2D eigenvalue weighted by Gasteiger charge is -2.29. The number of fused-ring (bicyclic) bond motifs is 1. The summed E-state index contributed by atoms with van der Waals surface area (Å²) in [6.07, 6.45) is 0.0603. The molecule has 3 rings (SSSR count). The molecule has 0 aromatic heterocycles. The van der Waals surface area contributed by atoms with E-state index in [2.05, 4.69) is 15.9 Å². The molecule has 0 radical (unpaired) electrons. The van der Waals surface area contributed by atoms with Crippen LogP contribution in [0, 0.1) is 0 Å². The highest BCUT2D eigenvalue weighted by molar-refractivity contribution is 9.10. The molecule has 2 aromatic rings. The summed E-state index contributed by atoms with van der Waals surface area (Å²) in [5, 5.41) is 10.2. The SMILES string of the molecule is O[C@H]1CC(c2ccc(Br)cc2)Oc2ccccc21. The molecule has 1 aliphatic heterocycles. The fraction of sp³-hybridized carbons (Fsp3) is 0.200. The number of hydrogen-bond acceptors (Lipinski definition) is 2. The van der Waals surface area contributed by atoms with Gasteiger partial charge >= 0.3 is 0 Å². The minimum atomic E-state index is -0.455. The number of ether oxygens (including phenoxy) is 1. The summed E-state index contributed by atoms with van der Waals surface area (Å²) in [5.41, 5.74) is 1.97. The number of rotatable bonds is 1. The van der Waals surface area contributed by atoms with Gasteiger partial charge in [0.1, 0.15) is 11.9 Å². The normalized spacial score (nSPS) is 22.1. The van der Waals surface area contributed by atoms with Crippen molar-refractivity contribution in [1.82, 2.24) is 0 Å². The van der Waals surface area contributed by atoms with E-state index < -0.39 is 6.10 Å². The largest absolute Gasteiger partial charge is 0.485 e. The van der Waals surface area contributed by atoms with Crippen LogP contribution in [-0.2, 0) is 0 Å². The van der Waals surface area contributed by atoms with Crippen LogP contribution in [0.2, 0.25) is 0 Å². The molecular weight excluding hydrogens is 292 g/mol. The van der Waals surface area contributed by atoms with E-state index in [-0.39, 0.29) is 6.10 Å². The van der Waals surface area contributed by atoms with E-state index in [1.165, 1.54) is 0 Å². The third kappa shape index (κ3) is 2.16. The van der Waals surface area contributed by atoms with Crippen LogP contribution in [-0.4, -0.2) is 5.11 Å². The number of aliphatic hydroxyl groups is 1. The van der Waals surface area contributed by atoms with Gasteiger partial charge in [-0.2, -0.15) is 0 Å². The number of para-hydroxylation sites is 1. The zero-order chi connectivity index (χ0) is 12.5. The summed E-state index contributed by atoms with van der Waals surface area (Å²) < 4.78 is 7.00. The van der Waals surface area contributed by atoms with Crippen LogP contribution in [0.25, 0.3) is 0 Å². The van der Waals surface area contributed by atoms with Gasteiger partial charge in [-0.3, -0.25) is 0 Å². The summed E-state index contributed by atoms with van der Waals surface area (Å²) in [7, 11) is 0. The molecule has 1 aliphatic rings. The topological polar surface area (TPSA) is 29.5 Å². The van der Waals surface area contributed by atoms with E-state index in [1.807, 2.05) is 48.5 Å². The molecule has 1 heterocycles. The first-order chi connectivity index (χ1) is 8.74. The average molecular weight is 305 g/mol. The molecule has 1 N–H and O–H groups in total. The van der Waals surface area contributed by atoms with Crippen molar-refractivity contribution in [3.05, 3.63) is 64.1 Å². The monoisotopic (exact) mass is 304 g/mol. The first-order valence-corrected chi connectivity index (χ1v) is 6.72. The summed E-state index contributed by atoms with van der Waals surface area (Å²) in [5.74, 6) is 0.782. The Morgan fingerprint density at radius 2 is 1.78 bits per heavy atom. The molecule has 0 amide bonds. The quantitative estimate of drug-likeness (QED) is 0.862. The van der Waals surface area contributed by atoms with Crippen LogP contribution in [0.3, 0.4) is 0 Å². The van der Waals surface area contributed by atoms with Crippen LogP contribution < -0.4 is 4.74 Å². The molecule has 18 heavy (non-hydrogen) atoms. The third-order valence-corrected chi connectivity index (χ3v) is 3.76. The number of benzene rings is 2. The lowest BCUT2D eigenvalue weighted by atomic mass is 9.95. The minimum absolute atomic E-state index is 0.0806. The Kier molecular flexibility index (Phi) is 3.10. The average Bonchev–Trinajstić information content (AvgIpc) is 2.39. The smallest absolute Gasteiger partial charge is 0.127 e. The fourth-order valence-corrected chi connectivity index (χ4v) is 2.54. The zero-order valence-electron chi connectivity index (χ0n) is 9.71. The summed E-state index contributed by atoms with van der Waals surface area (Å²) >= 11 is 3.42. The fourth-order valence-electron chi connectivity index (χ4n) is 2.28.